The molecule has 0 unspecified atom stereocenters. The first-order chi connectivity index (χ1) is 13.2. The van der Waals surface area contributed by atoms with Crippen LogP contribution in [-0.4, -0.2) is 39.0 Å². The monoisotopic (exact) mass is 510 g/mol. The topological polar surface area (TPSA) is 58.3 Å². The van der Waals surface area contributed by atoms with Gasteiger partial charge in [0.2, 0.25) is 0 Å². The molecule has 8 heteroatoms. The fourth-order valence-electron chi connectivity index (χ4n) is 2.83. The lowest BCUT2D eigenvalue weighted by Crippen LogP contribution is -2.38. The molecule has 0 saturated heterocycles. The molecule has 3 aromatic rings. The summed E-state index contributed by atoms with van der Waals surface area (Å²) in [5.41, 5.74) is 2.32. The number of guanidine groups is 1. The summed E-state index contributed by atoms with van der Waals surface area (Å²) in [5.74, 6) is 1.81. The Labute approximate surface area is 187 Å². The van der Waals surface area contributed by atoms with Gasteiger partial charge < -0.3 is 14.8 Å². The van der Waals surface area contributed by atoms with Crippen LogP contribution in [0.15, 0.2) is 53.1 Å². The van der Waals surface area contributed by atoms with Crippen molar-refractivity contribution in [3.63, 3.8) is 0 Å². The van der Waals surface area contributed by atoms with E-state index in [-0.39, 0.29) is 24.0 Å². The number of imidazole rings is 1. The van der Waals surface area contributed by atoms with Crippen molar-refractivity contribution in [2.24, 2.45) is 4.99 Å². The summed E-state index contributed by atoms with van der Waals surface area (Å²) in [4.78, 5) is 15.9. The number of aliphatic imine (C=N–C) groups is 1. The van der Waals surface area contributed by atoms with Gasteiger partial charge in [0.25, 0.3) is 0 Å². The average molecular weight is 510 g/mol. The molecule has 2 aromatic heterocycles. The molecule has 0 fully saturated rings. The van der Waals surface area contributed by atoms with Crippen molar-refractivity contribution in [1.82, 2.24) is 24.8 Å². The largest absolute Gasteiger partial charge is 0.357 e. The predicted molar refractivity (Wildman–Crippen MR) is 126 cm³/mol. The standard InChI is InChI=1S/C20H26N6S.HI/c1-4-21-20(25(3)14-18-15-27-16(2)24-18)23-12-19-22-10-11-26(19)13-17-8-6-5-7-9-17;/h5-11,15H,4,12-14H2,1-3H3,(H,21,23);1H. The van der Waals surface area contributed by atoms with Gasteiger partial charge in [0, 0.05) is 37.9 Å². The Morgan fingerprint density at radius 2 is 2.07 bits per heavy atom. The Hall–Kier alpha value is -1.94. The highest BCUT2D eigenvalue weighted by molar-refractivity contribution is 14.0. The molecule has 0 amide bonds. The lowest BCUT2D eigenvalue weighted by atomic mass is 10.2. The van der Waals surface area contributed by atoms with Crippen LogP contribution in [0, 0.1) is 6.92 Å². The van der Waals surface area contributed by atoms with Crippen LogP contribution in [0.2, 0.25) is 0 Å². The summed E-state index contributed by atoms with van der Waals surface area (Å²) in [6.45, 7) is 6.98. The third kappa shape index (κ3) is 6.30. The second-order valence-electron chi connectivity index (χ2n) is 6.34. The highest BCUT2D eigenvalue weighted by atomic mass is 127. The molecule has 6 nitrogen and oxygen atoms in total. The Morgan fingerprint density at radius 3 is 2.75 bits per heavy atom. The predicted octanol–water partition coefficient (Wildman–Crippen LogP) is 3.91. The molecule has 0 bridgehead atoms. The van der Waals surface area contributed by atoms with Gasteiger partial charge in [-0.15, -0.1) is 35.3 Å². The van der Waals surface area contributed by atoms with E-state index in [0.29, 0.717) is 6.54 Å². The van der Waals surface area contributed by atoms with Gasteiger partial charge in [-0.25, -0.2) is 15.0 Å². The number of hydrogen-bond acceptors (Lipinski definition) is 4. The van der Waals surface area contributed by atoms with Crippen molar-refractivity contribution < 1.29 is 0 Å². The van der Waals surface area contributed by atoms with Crippen LogP contribution in [0.1, 0.15) is 29.0 Å². The summed E-state index contributed by atoms with van der Waals surface area (Å²) in [6.07, 6.45) is 3.84. The number of hydrogen-bond donors (Lipinski definition) is 1. The smallest absolute Gasteiger partial charge is 0.194 e. The van der Waals surface area contributed by atoms with Crippen LogP contribution >= 0.6 is 35.3 Å². The summed E-state index contributed by atoms with van der Waals surface area (Å²) < 4.78 is 2.15. The quantitative estimate of drug-likeness (QED) is 0.298. The SMILES string of the molecule is CCNC(=NCc1nccn1Cc1ccccc1)N(C)Cc1csc(C)n1.I. The number of benzene rings is 1. The van der Waals surface area contributed by atoms with E-state index in [1.807, 2.05) is 32.4 Å². The van der Waals surface area contributed by atoms with Crippen molar-refractivity contribution >= 4 is 41.3 Å². The number of thiazole rings is 1. The highest BCUT2D eigenvalue weighted by Crippen LogP contribution is 2.10. The molecule has 0 aliphatic rings. The van der Waals surface area contributed by atoms with Gasteiger partial charge in [0.05, 0.1) is 17.2 Å². The van der Waals surface area contributed by atoms with Crippen LogP contribution in [-0.2, 0) is 19.6 Å². The van der Waals surface area contributed by atoms with E-state index in [0.717, 1.165) is 42.1 Å². The molecule has 0 aliphatic heterocycles. The van der Waals surface area contributed by atoms with E-state index >= 15 is 0 Å². The minimum Gasteiger partial charge on any atom is -0.357 e. The first-order valence-electron chi connectivity index (χ1n) is 9.10. The minimum atomic E-state index is 0. The van der Waals surface area contributed by atoms with E-state index in [9.17, 15) is 0 Å². The van der Waals surface area contributed by atoms with Gasteiger partial charge >= 0.3 is 0 Å². The number of rotatable bonds is 7. The Morgan fingerprint density at radius 1 is 1.29 bits per heavy atom. The van der Waals surface area contributed by atoms with E-state index in [2.05, 4.69) is 61.3 Å². The summed E-state index contributed by atoms with van der Waals surface area (Å²) in [7, 11) is 2.03. The third-order valence-electron chi connectivity index (χ3n) is 4.13. The molecule has 0 saturated carbocycles. The highest BCUT2D eigenvalue weighted by Gasteiger charge is 2.10. The maximum absolute atomic E-state index is 4.78. The maximum atomic E-state index is 4.78. The van der Waals surface area contributed by atoms with Crippen LogP contribution in [0.4, 0.5) is 0 Å². The molecule has 0 aliphatic carbocycles. The number of nitrogens with zero attached hydrogens (tertiary/aromatic N) is 5. The molecule has 0 radical (unpaired) electrons. The fourth-order valence-corrected chi connectivity index (χ4v) is 3.43. The molecule has 150 valence electrons. The molecule has 1 N–H and O–H groups in total. The van der Waals surface area contributed by atoms with Crippen molar-refractivity contribution in [3.8, 4) is 0 Å². The van der Waals surface area contributed by atoms with Gasteiger partial charge in [-0.1, -0.05) is 30.3 Å². The minimum absolute atomic E-state index is 0. The summed E-state index contributed by atoms with van der Waals surface area (Å²) in [5, 5.41) is 6.54. The first kappa shape index (κ1) is 22.4. The van der Waals surface area contributed by atoms with Crippen molar-refractivity contribution in [2.75, 3.05) is 13.6 Å². The summed E-state index contributed by atoms with van der Waals surface area (Å²) >= 11 is 1.67. The van der Waals surface area contributed by atoms with Crippen LogP contribution in [0.25, 0.3) is 0 Å². The molecule has 1 aromatic carbocycles. The molecule has 3 rings (SSSR count). The van der Waals surface area contributed by atoms with E-state index in [4.69, 9.17) is 4.99 Å². The third-order valence-corrected chi connectivity index (χ3v) is 4.95. The lowest BCUT2D eigenvalue weighted by molar-refractivity contribution is 0.470. The van der Waals surface area contributed by atoms with Crippen LogP contribution in [0.3, 0.4) is 0 Å². The zero-order valence-corrected chi connectivity index (χ0v) is 19.6. The second kappa shape index (κ2) is 11.2. The normalized spacial score (nSPS) is 11.2. The molecule has 0 spiro atoms. The second-order valence-corrected chi connectivity index (χ2v) is 7.40. The number of nitrogens with one attached hydrogen (secondary N) is 1. The molecule has 2 heterocycles. The molecular formula is C20H27IN6S. The van der Waals surface area contributed by atoms with Gasteiger partial charge in [0.1, 0.15) is 12.4 Å². The van der Waals surface area contributed by atoms with Gasteiger partial charge in [-0.2, -0.15) is 0 Å². The Bertz CT molecular complexity index is 874. The van der Waals surface area contributed by atoms with E-state index < -0.39 is 0 Å². The summed E-state index contributed by atoms with van der Waals surface area (Å²) in [6, 6.07) is 10.4. The zero-order valence-electron chi connectivity index (χ0n) is 16.5. The van der Waals surface area contributed by atoms with E-state index in [1.165, 1.54) is 5.56 Å². The Kier molecular flexibility index (Phi) is 8.91. The Balaban J connectivity index is 0.00000280. The average Bonchev–Trinajstić information content (AvgIpc) is 3.28. The van der Waals surface area contributed by atoms with Gasteiger partial charge in [-0.05, 0) is 19.4 Å². The first-order valence-corrected chi connectivity index (χ1v) is 9.98. The van der Waals surface area contributed by atoms with Crippen molar-refractivity contribution in [2.45, 2.75) is 33.5 Å². The molecule has 28 heavy (non-hydrogen) atoms. The zero-order chi connectivity index (χ0) is 19.1. The molecular weight excluding hydrogens is 483 g/mol. The number of aryl methyl sites for hydroxylation is 1. The van der Waals surface area contributed by atoms with Crippen LogP contribution in [0.5, 0.6) is 0 Å². The van der Waals surface area contributed by atoms with E-state index in [1.54, 1.807) is 11.3 Å². The number of halogens is 1. The van der Waals surface area contributed by atoms with Gasteiger partial charge in [-0.3, -0.25) is 0 Å². The molecule has 0 atom stereocenters. The van der Waals surface area contributed by atoms with Crippen molar-refractivity contribution in [1.29, 1.82) is 0 Å². The fraction of sp³-hybridized carbons (Fsp3) is 0.350. The van der Waals surface area contributed by atoms with Gasteiger partial charge in [0.15, 0.2) is 5.96 Å². The number of aromatic nitrogens is 3. The maximum Gasteiger partial charge on any atom is 0.194 e. The lowest BCUT2D eigenvalue weighted by Gasteiger charge is -2.21. The van der Waals surface area contributed by atoms with Crippen LogP contribution < -0.4 is 5.32 Å². The van der Waals surface area contributed by atoms with Crippen molar-refractivity contribution in [3.05, 3.63) is 70.2 Å².